The van der Waals surface area contributed by atoms with Crippen LogP contribution in [-0.2, 0) is 0 Å². The molecule has 0 saturated heterocycles. The SMILES string of the molecule is CN(C)CCCCCNC(=O)c1ccc2ccccc2c1. The molecule has 21 heavy (non-hydrogen) atoms. The smallest absolute Gasteiger partial charge is 0.251 e. The van der Waals surface area contributed by atoms with Crippen LogP contribution in [0.4, 0.5) is 0 Å². The van der Waals surface area contributed by atoms with Crippen molar-refractivity contribution >= 4 is 16.7 Å². The van der Waals surface area contributed by atoms with Gasteiger partial charge in [-0.05, 0) is 56.4 Å². The van der Waals surface area contributed by atoms with Gasteiger partial charge in [-0.3, -0.25) is 4.79 Å². The maximum atomic E-state index is 12.1. The minimum Gasteiger partial charge on any atom is -0.352 e. The van der Waals surface area contributed by atoms with Gasteiger partial charge in [-0.15, -0.1) is 0 Å². The molecule has 0 fully saturated rings. The number of amides is 1. The van der Waals surface area contributed by atoms with E-state index in [0.717, 1.165) is 42.3 Å². The molecule has 0 aliphatic carbocycles. The number of nitrogens with zero attached hydrogens (tertiary/aromatic N) is 1. The van der Waals surface area contributed by atoms with E-state index in [9.17, 15) is 4.79 Å². The predicted molar refractivity (Wildman–Crippen MR) is 88.7 cm³/mol. The maximum Gasteiger partial charge on any atom is 0.251 e. The van der Waals surface area contributed by atoms with Crippen LogP contribution < -0.4 is 5.32 Å². The van der Waals surface area contributed by atoms with E-state index in [2.05, 4.69) is 30.4 Å². The number of hydrogen-bond donors (Lipinski definition) is 1. The Morgan fingerprint density at radius 2 is 1.76 bits per heavy atom. The van der Waals surface area contributed by atoms with Crippen molar-refractivity contribution in [3.05, 3.63) is 48.0 Å². The molecule has 3 nitrogen and oxygen atoms in total. The summed E-state index contributed by atoms with van der Waals surface area (Å²) < 4.78 is 0. The Kier molecular flexibility index (Phi) is 5.76. The average molecular weight is 284 g/mol. The Morgan fingerprint density at radius 1 is 1.00 bits per heavy atom. The van der Waals surface area contributed by atoms with Crippen molar-refractivity contribution in [3.8, 4) is 0 Å². The normalized spacial score (nSPS) is 11.0. The number of unbranched alkanes of at least 4 members (excludes halogenated alkanes) is 2. The highest BCUT2D eigenvalue weighted by molar-refractivity contribution is 5.98. The summed E-state index contributed by atoms with van der Waals surface area (Å²) in [4.78, 5) is 14.3. The zero-order valence-electron chi connectivity index (χ0n) is 12.9. The first-order valence-electron chi connectivity index (χ1n) is 7.58. The maximum absolute atomic E-state index is 12.1. The number of nitrogens with one attached hydrogen (secondary N) is 1. The predicted octanol–water partition coefficient (Wildman–Crippen LogP) is 3.30. The van der Waals surface area contributed by atoms with E-state index in [0.29, 0.717) is 0 Å². The summed E-state index contributed by atoms with van der Waals surface area (Å²) in [5.74, 6) is 0.0216. The fourth-order valence-corrected chi connectivity index (χ4v) is 2.36. The summed E-state index contributed by atoms with van der Waals surface area (Å²) in [5.41, 5.74) is 0.738. The number of carbonyl (C=O) groups excluding carboxylic acids is 1. The first-order chi connectivity index (χ1) is 10.2. The Hall–Kier alpha value is -1.87. The second kappa shape index (κ2) is 7.79. The number of rotatable bonds is 7. The van der Waals surface area contributed by atoms with Crippen LogP contribution in [0.3, 0.4) is 0 Å². The molecule has 1 N–H and O–H groups in total. The lowest BCUT2D eigenvalue weighted by atomic mass is 10.1. The molecule has 0 heterocycles. The lowest BCUT2D eigenvalue weighted by Crippen LogP contribution is -2.24. The van der Waals surface area contributed by atoms with Crippen molar-refractivity contribution in [2.24, 2.45) is 0 Å². The Labute approximate surface area is 127 Å². The van der Waals surface area contributed by atoms with Crippen molar-refractivity contribution in [2.45, 2.75) is 19.3 Å². The molecule has 0 aromatic heterocycles. The van der Waals surface area contributed by atoms with Gasteiger partial charge in [-0.2, -0.15) is 0 Å². The third kappa shape index (κ3) is 4.87. The van der Waals surface area contributed by atoms with Crippen LogP contribution in [0.15, 0.2) is 42.5 Å². The monoisotopic (exact) mass is 284 g/mol. The third-order valence-corrected chi connectivity index (χ3v) is 3.58. The first-order valence-corrected chi connectivity index (χ1v) is 7.58. The zero-order valence-corrected chi connectivity index (χ0v) is 12.9. The summed E-state index contributed by atoms with van der Waals surface area (Å²) in [6, 6.07) is 13.9. The molecule has 2 rings (SSSR count). The molecule has 0 bridgehead atoms. The number of benzene rings is 2. The largest absolute Gasteiger partial charge is 0.352 e. The van der Waals surface area contributed by atoms with Crippen molar-refractivity contribution in [1.29, 1.82) is 0 Å². The molecule has 0 spiro atoms. The van der Waals surface area contributed by atoms with E-state index in [1.807, 2.05) is 36.4 Å². The van der Waals surface area contributed by atoms with Gasteiger partial charge >= 0.3 is 0 Å². The lowest BCUT2D eigenvalue weighted by Gasteiger charge is -2.09. The molecule has 2 aromatic carbocycles. The number of fused-ring (bicyclic) bond motifs is 1. The van der Waals surface area contributed by atoms with Crippen LogP contribution in [0.2, 0.25) is 0 Å². The molecule has 0 aliphatic heterocycles. The second-order valence-electron chi connectivity index (χ2n) is 5.68. The van der Waals surface area contributed by atoms with Crippen LogP contribution in [0, 0.1) is 0 Å². The highest BCUT2D eigenvalue weighted by Crippen LogP contribution is 2.15. The number of hydrogen-bond acceptors (Lipinski definition) is 2. The first kappa shape index (κ1) is 15.5. The van der Waals surface area contributed by atoms with Crippen molar-refractivity contribution < 1.29 is 4.79 Å². The van der Waals surface area contributed by atoms with Crippen molar-refractivity contribution in [1.82, 2.24) is 10.2 Å². The van der Waals surface area contributed by atoms with E-state index in [1.165, 1.54) is 6.42 Å². The van der Waals surface area contributed by atoms with Gasteiger partial charge in [0.15, 0.2) is 0 Å². The molecule has 0 saturated carbocycles. The molecule has 0 aliphatic rings. The van der Waals surface area contributed by atoms with E-state index in [1.54, 1.807) is 0 Å². The third-order valence-electron chi connectivity index (χ3n) is 3.58. The molecular formula is C18H24N2O. The van der Waals surface area contributed by atoms with Gasteiger partial charge in [-0.1, -0.05) is 36.8 Å². The Morgan fingerprint density at radius 3 is 2.52 bits per heavy atom. The van der Waals surface area contributed by atoms with Crippen LogP contribution in [-0.4, -0.2) is 38.0 Å². The van der Waals surface area contributed by atoms with E-state index < -0.39 is 0 Å². The van der Waals surface area contributed by atoms with Crippen LogP contribution in [0.25, 0.3) is 10.8 Å². The zero-order chi connectivity index (χ0) is 15.1. The van der Waals surface area contributed by atoms with Gasteiger partial charge in [0.05, 0.1) is 0 Å². The molecule has 2 aromatic rings. The molecule has 1 amide bonds. The standard InChI is InChI=1S/C18H24N2O/c1-20(2)13-7-3-6-12-19-18(21)17-11-10-15-8-4-5-9-16(15)14-17/h4-5,8-11,14H,3,6-7,12-13H2,1-2H3,(H,19,21). The van der Waals surface area contributed by atoms with Gasteiger partial charge < -0.3 is 10.2 Å². The molecule has 0 atom stereocenters. The van der Waals surface area contributed by atoms with Crippen LogP contribution in [0.5, 0.6) is 0 Å². The highest BCUT2D eigenvalue weighted by Gasteiger charge is 2.05. The quantitative estimate of drug-likeness (QED) is 0.791. The second-order valence-corrected chi connectivity index (χ2v) is 5.68. The summed E-state index contributed by atoms with van der Waals surface area (Å²) in [7, 11) is 4.17. The molecule has 112 valence electrons. The van der Waals surface area contributed by atoms with E-state index in [4.69, 9.17) is 0 Å². The highest BCUT2D eigenvalue weighted by atomic mass is 16.1. The lowest BCUT2D eigenvalue weighted by molar-refractivity contribution is 0.0953. The van der Waals surface area contributed by atoms with Crippen molar-refractivity contribution in [3.63, 3.8) is 0 Å². The molecule has 3 heteroatoms. The molecule has 0 unspecified atom stereocenters. The van der Waals surface area contributed by atoms with Gasteiger partial charge in [0.25, 0.3) is 5.91 Å². The fourth-order valence-electron chi connectivity index (χ4n) is 2.36. The Bertz CT molecular complexity index is 593. The summed E-state index contributed by atoms with van der Waals surface area (Å²) >= 11 is 0. The van der Waals surface area contributed by atoms with Gasteiger partial charge in [0.2, 0.25) is 0 Å². The average Bonchev–Trinajstić information content (AvgIpc) is 2.49. The summed E-state index contributed by atoms with van der Waals surface area (Å²) in [6.07, 6.45) is 3.36. The summed E-state index contributed by atoms with van der Waals surface area (Å²) in [6.45, 7) is 1.86. The van der Waals surface area contributed by atoms with Crippen LogP contribution in [0.1, 0.15) is 29.6 Å². The van der Waals surface area contributed by atoms with Gasteiger partial charge in [0.1, 0.15) is 0 Å². The summed E-state index contributed by atoms with van der Waals surface area (Å²) in [5, 5.41) is 5.27. The molecular weight excluding hydrogens is 260 g/mol. The Balaban J connectivity index is 1.79. The van der Waals surface area contributed by atoms with E-state index in [-0.39, 0.29) is 5.91 Å². The molecule has 0 radical (unpaired) electrons. The number of carbonyl (C=O) groups is 1. The van der Waals surface area contributed by atoms with E-state index >= 15 is 0 Å². The van der Waals surface area contributed by atoms with Crippen molar-refractivity contribution in [2.75, 3.05) is 27.2 Å². The fraction of sp³-hybridized carbons (Fsp3) is 0.389. The van der Waals surface area contributed by atoms with Gasteiger partial charge in [-0.25, -0.2) is 0 Å². The minimum absolute atomic E-state index is 0.0216. The minimum atomic E-state index is 0.0216. The van der Waals surface area contributed by atoms with Crippen LogP contribution >= 0.6 is 0 Å². The van der Waals surface area contributed by atoms with Gasteiger partial charge in [0, 0.05) is 12.1 Å². The topological polar surface area (TPSA) is 32.3 Å².